The summed E-state index contributed by atoms with van der Waals surface area (Å²) in [4.78, 5) is 11.7. The van der Waals surface area contributed by atoms with E-state index in [2.05, 4.69) is 5.32 Å². The number of halogens is 3. The largest absolute Gasteiger partial charge is 0.497 e. The number of hydrogen-bond acceptors (Lipinski definition) is 3. The summed E-state index contributed by atoms with van der Waals surface area (Å²) in [5, 5.41) is 2.47. The molecule has 1 heterocycles. The van der Waals surface area contributed by atoms with Crippen molar-refractivity contribution in [1.29, 1.82) is 0 Å². The Kier molecular flexibility index (Phi) is 4.89. The van der Waals surface area contributed by atoms with Gasteiger partial charge in [0.05, 0.1) is 7.11 Å². The van der Waals surface area contributed by atoms with Crippen molar-refractivity contribution in [2.24, 2.45) is 5.92 Å². The number of benzene rings is 1. The maximum absolute atomic E-state index is 14.0. The molecule has 0 saturated carbocycles. The molecule has 1 unspecified atom stereocenters. The van der Waals surface area contributed by atoms with Crippen molar-refractivity contribution in [2.45, 2.75) is 38.5 Å². The third kappa shape index (κ3) is 3.44. The monoisotopic (exact) mass is 331 g/mol. The highest BCUT2D eigenvalue weighted by Gasteiger charge is 2.59. The van der Waals surface area contributed by atoms with Crippen LogP contribution in [0.15, 0.2) is 18.2 Å². The molecule has 0 bridgehead atoms. The van der Waals surface area contributed by atoms with Crippen LogP contribution in [-0.4, -0.2) is 25.8 Å². The molecule has 128 valence electrons. The van der Waals surface area contributed by atoms with Crippen molar-refractivity contribution in [3.8, 4) is 5.75 Å². The first-order valence-corrected chi connectivity index (χ1v) is 7.38. The molecule has 1 aromatic carbocycles. The van der Waals surface area contributed by atoms with E-state index in [9.17, 15) is 18.0 Å². The number of rotatable bonds is 4. The summed E-state index contributed by atoms with van der Waals surface area (Å²) >= 11 is 0. The molecule has 0 aliphatic carbocycles. The number of carbonyl (C=O) groups excluding carboxylic acids is 1. The number of amides is 1. The Balaban J connectivity index is 2.62. The summed E-state index contributed by atoms with van der Waals surface area (Å²) in [6, 6.07) is 4.21. The van der Waals surface area contributed by atoms with E-state index in [1.807, 2.05) is 13.8 Å². The maximum atomic E-state index is 14.0. The average Bonchev–Trinajstić information content (AvgIpc) is 2.60. The number of methoxy groups -OCH3 is 1. The zero-order chi connectivity index (χ0) is 17.3. The second-order valence-corrected chi connectivity index (χ2v) is 6.01. The van der Waals surface area contributed by atoms with E-state index in [1.165, 1.54) is 25.3 Å². The zero-order valence-corrected chi connectivity index (χ0v) is 13.3. The Bertz CT molecular complexity index is 586. The second kappa shape index (κ2) is 6.39. The number of hydrogen-bond donors (Lipinski definition) is 1. The molecule has 0 spiro atoms. The van der Waals surface area contributed by atoms with Crippen LogP contribution < -0.4 is 10.1 Å². The number of fused-ring (bicyclic) bond motifs is 1. The van der Waals surface area contributed by atoms with E-state index in [0.717, 1.165) is 0 Å². The van der Waals surface area contributed by atoms with E-state index < -0.39 is 24.3 Å². The minimum absolute atomic E-state index is 0.0683. The first-order valence-electron chi connectivity index (χ1n) is 7.38. The minimum atomic E-state index is -4.66. The van der Waals surface area contributed by atoms with Gasteiger partial charge in [0.25, 0.3) is 0 Å². The lowest BCUT2D eigenvalue weighted by Gasteiger charge is -2.36. The summed E-state index contributed by atoms with van der Waals surface area (Å²) in [6.45, 7) is 3.04. The lowest BCUT2D eigenvalue weighted by atomic mass is 9.84. The summed E-state index contributed by atoms with van der Waals surface area (Å²) in [7, 11) is 1.38. The van der Waals surface area contributed by atoms with E-state index in [0.29, 0.717) is 6.42 Å². The lowest BCUT2D eigenvalue weighted by Crippen LogP contribution is -2.45. The Morgan fingerprint density at radius 1 is 1.39 bits per heavy atom. The summed E-state index contributed by atoms with van der Waals surface area (Å²) in [5.41, 5.74) is -2.54. The van der Waals surface area contributed by atoms with Crippen molar-refractivity contribution >= 4 is 11.6 Å². The van der Waals surface area contributed by atoms with Crippen LogP contribution in [0, 0.1) is 5.92 Å². The van der Waals surface area contributed by atoms with Gasteiger partial charge in [-0.05, 0) is 37.0 Å². The molecular formula is C16H20F3NO3. The predicted octanol–water partition coefficient (Wildman–Crippen LogP) is 3.86. The predicted molar refractivity (Wildman–Crippen MR) is 79.4 cm³/mol. The van der Waals surface area contributed by atoms with Crippen LogP contribution in [0.5, 0.6) is 5.75 Å². The maximum Gasteiger partial charge on any atom is 0.421 e. The smallest absolute Gasteiger partial charge is 0.421 e. The first kappa shape index (κ1) is 17.6. The minimum Gasteiger partial charge on any atom is -0.497 e. The number of anilines is 1. The molecule has 23 heavy (non-hydrogen) atoms. The molecular weight excluding hydrogens is 311 g/mol. The molecule has 1 amide bonds. The van der Waals surface area contributed by atoms with Crippen LogP contribution in [0.1, 0.15) is 32.3 Å². The van der Waals surface area contributed by atoms with E-state index >= 15 is 0 Å². The van der Waals surface area contributed by atoms with Gasteiger partial charge in [-0.3, -0.25) is 4.79 Å². The molecule has 4 nitrogen and oxygen atoms in total. The molecule has 1 N–H and O–H groups in total. The van der Waals surface area contributed by atoms with E-state index in [4.69, 9.17) is 9.47 Å². The Morgan fingerprint density at radius 3 is 2.65 bits per heavy atom. The number of carbonyl (C=O) groups is 1. The Labute approximate surface area is 133 Å². The molecule has 0 aromatic heterocycles. The third-order valence-electron chi connectivity index (χ3n) is 3.92. The third-order valence-corrected chi connectivity index (χ3v) is 3.92. The summed E-state index contributed by atoms with van der Waals surface area (Å²) < 4.78 is 52.1. The lowest BCUT2D eigenvalue weighted by molar-refractivity contribution is -0.285. The van der Waals surface area contributed by atoms with Crippen molar-refractivity contribution in [2.75, 3.05) is 19.0 Å². The molecule has 2 rings (SSSR count). The van der Waals surface area contributed by atoms with Crippen LogP contribution >= 0.6 is 0 Å². The van der Waals surface area contributed by atoms with Gasteiger partial charge >= 0.3 is 6.18 Å². The number of ether oxygens (including phenoxy) is 2. The fraction of sp³-hybridized carbons (Fsp3) is 0.562. The molecule has 7 heteroatoms. The van der Waals surface area contributed by atoms with Gasteiger partial charge in [0.1, 0.15) is 12.4 Å². The van der Waals surface area contributed by atoms with Gasteiger partial charge in [-0.25, -0.2) is 0 Å². The Hall–Kier alpha value is -1.76. The zero-order valence-electron chi connectivity index (χ0n) is 13.3. The molecule has 0 radical (unpaired) electrons. The van der Waals surface area contributed by atoms with Gasteiger partial charge in [-0.2, -0.15) is 13.2 Å². The molecule has 0 saturated heterocycles. The van der Waals surface area contributed by atoms with Crippen molar-refractivity contribution in [3.05, 3.63) is 23.8 Å². The fourth-order valence-electron chi connectivity index (χ4n) is 2.62. The second-order valence-electron chi connectivity index (χ2n) is 6.01. The molecule has 1 aliphatic heterocycles. The average molecular weight is 331 g/mol. The quantitative estimate of drug-likeness (QED) is 0.911. The highest BCUT2D eigenvalue weighted by molar-refractivity contribution is 5.93. The highest BCUT2D eigenvalue weighted by atomic mass is 19.4. The molecule has 1 aliphatic rings. The fourth-order valence-corrected chi connectivity index (χ4v) is 2.62. The van der Waals surface area contributed by atoms with E-state index in [-0.39, 0.29) is 29.3 Å². The summed E-state index contributed by atoms with van der Waals surface area (Å²) in [6.07, 6.45) is -4.61. The van der Waals surface area contributed by atoms with Crippen molar-refractivity contribution in [3.63, 3.8) is 0 Å². The van der Waals surface area contributed by atoms with Crippen LogP contribution in [0.2, 0.25) is 0 Å². The standard InChI is InChI=1S/C16H20F3NO3/c1-10(2)6-7-15(16(17,18)19)12-8-11(22-3)4-5-13(12)20-14(21)9-23-15/h4-5,8,10H,6-7,9H2,1-3H3,(H,20,21). The molecule has 0 fully saturated rings. The first-order chi connectivity index (χ1) is 10.7. The normalized spacial score (nSPS) is 21.6. The van der Waals surface area contributed by atoms with Gasteiger partial charge < -0.3 is 14.8 Å². The van der Waals surface area contributed by atoms with Gasteiger partial charge in [0.2, 0.25) is 5.91 Å². The van der Waals surface area contributed by atoms with Crippen LogP contribution in [-0.2, 0) is 15.1 Å². The van der Waals surface area contributed by atoms with Crippen molar-refractivity contribution in [1.82, 2.24) is 0 Å². The molecule has 1 aromatic rings. The Morgan fingerprint density at radius 2 is 2.09 bits per heavy atom. The van der Waals surface area contributed by atoms with Crippen LogP contribution in [0.3, 0.4) is 0 Å². The number of nitrogens with one attached hydrogen (secondary N) is 1. The topological polar surface area (TPSA) is 47.6 Å². The van der Waals surface area contributed by atoms with E-state index in [1.54, 1.807) is 0 Å². The van der Waals surface area contributed by atoms with Gasteiger partial charge in [-0.1, -0.05) is 13.8 Å². The van der Waals surface area contributed by atoms with Gasteiger partial charge in [0, 0.05) is 11.3 Å². The molecule has 1 atom stereocenters. The van der Waals surface area contributed by atoms with Crippen molar-refractivity contribution < 1.29 is 27.4 Å². The van der Waals surface area contributed by atoms with Crippen LogP contribution in [0.4, 0.5) is 18.9 Å². The number of alkyl halides is 3. The van der Waals surface area contributed by atoms with Gasteiger partial charge in [0.15, 0.2) is 5.60 Å². The highest BCUT2D eigenvalue weighted by Crippen LogP contribution is 2.50. The van der Waals surface area contributed by atoms with Crippen LogP contribution in [0.25, 0.3) is 0 Å². The SMILES string of the molecule is COc1ccc2c(c1)C(CCC(C)C)(C(F)(F)F)OCC(=O)N2. The summed E-state index contributed by atoms with van der Waals surface area (Å²) in [5.74, 6) is -0.257. The van der Waals surface area contributed by atoms with Gasteiger partial charge in [-0.15, -0.1) is 0 Å².